The van der Waals surface area contributed by atoms with Gasteiger partial charge in [0.2, 0.25) is 0 Å². The summed E-state index contributed by atoms with van der Waals surface area (Å²) in [5.74, 6) is 1.18. The van der Waals surface area contributed by atoms with Crippen LogP contribution in [-0.2, 0) is 12.0 Å². The molecule has 0 aliphatic carbocycles. The first-order valence-electron chi connectivity index (χ1n) is 10.5. The van der Waals surface area contributed by atoms with E-state index in [1.54, 1.807) is 30.5 Å². The summed E-state index contributed by atoms with van der Waals surface area (Å²) in [5, 5.41) is 5.58. The molecule has 0 aliphatic heterocycles. The molecular formula is C26H23BrClN3O2. The predicted octanol–water partition coefficient (Wildman–Crippen LogP) is 6.57. The minimum absolute atomic E-state index is 0.240. The minimum Gasteiger partial charge on any atom is -0.488 e. The molecular weight excluding hydrogens is 502 g/mol. The van der Waals surface area contributed by atoms with Crippen LogP contribution in [0, 0.1) is 0 Å². The lowest BCUT2D eigenvalue weighted by molar-refractivity contribution is 0.306. The van der Waals surface area contributed by atoms with Crippen LogP contribution in [0.2, 0.25) is 5.02 Å². The van der Waals surface area contributed by atoms with E-state index < -0.39 is 5.41 Å². The normalized spacial score (nSPS) is 11.9. The van der Waals surface area contributed by atoms with Crippen molar-refractivity contribution in [2.24, 2.45) is 5.10 Å². The van der Waals surface area contributed by atoms with Crippen LogP contribution in [-0.4, -0.2) is 15.9 Å². The number of hydrogen-bond acceptors (Lipinski definition) is 4. The van der Waals surface area contributed by atoms with Gasteiger partial charge in [0.15, 0.2) is 0 Å². The first-order valence-corrected chi connectivity index (χ1v) is 11.6. The smallest absolute Gasteiger partial charge is 0.282 e. The fourth-order valence-electron chi connectivity index (χ4n) is 3.35. The van der Waals surface area contributed by atoms with E-state index in [1.165, 1.54) is 4.68 Å². The number of halogens is 2. The summed E-state index contributed by atoms with van der Waals surface area (Å²) in [6, 6.07) is 20.7. The number of rotatable bonds is 5. The third kappa shape index (κ3) is 5.34. The Morgan fingerprint density at radius 2 is 1.85 bits per heavy atom. The van der Waals surface area contributed by atoms with Crippen LogP contribution in [0.1, 0.15) is 37.7 Å². The van der Waals surface area contributed by atoms with Crippen molar-refractivity contribution in [3.05, 3.63) is 104 Å². The zero-order valence-electron chi connectivity index (χ0n) is 18.5. The Morgan fingerprint density at radius 3 is 2.58 bits per heavy atom. The van der Waals surface area contributed by atoms with Crippen molar-refractivity contribution in [3.8, 4) is 5.75 Å². The molecule has 0 saturated carbocycles. The Morgan fingerprint density at radius 1 is 1.09 bits per heavy atom. The van der Waals surface area contributed by atoms with Gasteiger partial charge in [0.25, 0.3) is 5.56 Å². The van der Waals surface area contributed by atoms with Gasteiger partial charge in [-0.3, -0.25) is 4.79 Å². The maximum absolute atomic E-state index is 13.4. The Bertz CT molecular complexity index is 1390. The second-order valence-corrected chi connectivity index (χ2v) is 10.0. The van der Waals surface area contributed by atoms with Crippen LogP contribution < -0.4 is 10.3 Å². The maximum atomic E-state index is 13.4. The largest absolute Gasteiger partial charge is 0.488 e. The van der Waals surface area contributed by atoms with Crippen LogP contribution in [0.3, 0.4) is 0 Å². The molecule has 168 valence electrons. The molecule has 5 nitrogen and oxygen atoms in total. The van der Waals surface area contributed by atoms with Crippen LogP contribution in [0.25, 0.3) is 10.9 Å². The Labute approximate surface area is 205 Å². The molecule has 4 rings (SSSR count). The molecule has 3 aromatic carbocycles. The molecule has 0 aliphatic rings. The summed E-state index contributed by atoms with van der Waals surface area (Å²) in [6.07, 6.45) is 1.59. The molecule has 1 aromatic heterocycles. The van der Waals surface area contributed by atoms with Gasteiger partial charge in [-0.2, -0.15) is 9.78 Å². The molecule has 0 unspecified atom stereocenters. The fourth-order valence-corrected chi connectivity index (χ4v) is 3.89. The topological polar surface area (TPSA) is 56.5 Å². The van der Waals surface area contributed by atoms with E-state index in [9.17, 15) is 4.79 Å². The summed E-state index contributed by atoms with van der Waals surface area (Å²) in [6.45, 7) is 6.40. The SMILES string of the molecule is CC(C)(C)c1nc2ccc(Br)cc2c(=O)n1N=Cc1cc(Cl)ccc1OCc1ccccc1. The Balaban J connectivity index is 1.77. The lowest BCUT2D eigenvalue weighted by Gasteiger charge is -2.21. The molecule has 0 N–H and O–H groups in total. The zero-order valence-corrected chi connectivity index (χ0v) is 20.9. The van der Waals surface area contributed by atoms with E-state index >= 15 is 0 Å². The van der Waals surface area contributed by atoms with Crippen LogP contribution in [0.5, 0.6) is 5.75 Å². The van der Waals surface area contributed by atoms with Gasteiger partial charge in [0, 0.05) is 20.5 Å². The van der Waals surface area contributed by atoms with Crippen molar-refractivity contribution >= 4 is 44.6 Å². The van der Waals surface area contributed by atoms with Crippen molar-refractivity contribution in [1.29, 1.82) is 0 Å². The van der Waals surface area contributed by atoms with Gasteiger partial charge in [0.05, 0.1) is 17.1 Å². The van der Waals surface area contributed by atoms with Crippen molar-refractivity contribution in [3.63, 3.8) is 0 Å². The van der Waals surface area contributed by atoms with E-state index in [0.717, 1.165) is 10.0 Å². The third-order valence-electron chi connectivity index (χ3n) is 5.00. The average Bonchev–Trinajstić information content (AvgIpc) is 2.78. The summed E-state index contributed by atoms with van der Waals surface area (Å²) < 4.78 is 8.18. The van der Waals surface area contributed by atoms with Gasteiger partial charge in [-0.1, -0.05) is 78.6 Å². The number of ether oxygens (including phenoxy) is 1. The average molecular weight is 525 g/mol. The second kappa shape index (κ2) is 9.49. The molecule has 0 amide bonds. The molecule has 0 atom stereocenters. The van der Waals surface area contributed by atoms with E-state index in [4.69, 9.17) is 21.3 Å². The fraction of sp³-hybridized carbons (Fsp3) is 0.192. The van der Waals surface area contributed by atoms with Gasteiger partial charge in [-0.15, -0.1) is 0 Å². The van der Waals surface area contributed by atoms with Crippen LogP contribution >= 0.6 is 27.5 Å². The summed E-state index contributed by atoms with van der Waals surface area (Å²) in [7, 11) is 0. The summed E-state index contributed by atoms with van der Waals surface area (Å²) >= 11 is 9.68. The van der Waals surface area contributed by atoms with E-state index in [1.807, 2.05) is 63.2 Å². The highest BCUT2D eigenvalue weighted by molar-refractivity contribution is 9.10. The molecule has 0 fully saturated rings. The molecule has 0 bridgehead atoms. The molecule has 0 radical (unpaired) electrons. The van der Waals surface area contributed by atoms with Gasteiger partial charge in [-0.05, 0) is 42.0 Å². The first kappa shape index (κ1) is 23.2. The van der Waals surface area contributed by atoms with Gasteiger partial charge in [0.1, 0.15) is 18.2 Å². The van der Waals surface area contributed by atoms with Crippen molar-refractivity contribution < 1.29 is 4.74 Å². The van der Waals surface area contributed by atoms with Gasteiger partial charge in [-0.25, -0.2) is 4.98 Å². The quantitative estimate of drug-likeness (QED) is 0.277. The molecule has 4 aromatic rings. The number of aromatic nitrogens is 2. The van der Waals surface area contributed by atoms with Crippen molar-refractivity contribution in [2.75, 3.05) is 0 Å². The van der Waals surface area contributed by atoms with E-state index in [-0.39, 0.29) is 5.56 Å². The Kier molecular flexibility index (Phi) is 6.68. The zero-order chi connectivity index (χ0) is 23.6. The summed E-state index contributed by atoms with van der Waals surface area (Å²) in [5.41, 5.74) is 1.70. The number of hydrogen-bond donors (Lipinski definition) is 0. The van der Waals surface area contributed by atoms with E-state index in [2.05, 4.69) is 21.0 Å². The number of nitrogens with zero attached hydrogens (tertiary/aromatic N) is 3. The molecule has 7 heteroatoms. The molecule has 0 saturated heterocycles. The lowest BCUT2D eigenvalue weighted by Crippen LogP contribution is -2.29. The van der Waals surface area contributed by atoms with Crippen LogP contribution in [0.4, 0.5) is 0 Å². The predicted molar refractivity (Wildman–Crippen MR) is 138 cm³/mol. The highest BCUT2D eigenvalue weighted by atomic mass is 79.9. The standard InChI is InChI=1S/C26H23BrClN3O2/c1-26(2,3)25-30-22-11-9-19(27)14-21(22)24(32)31(25)29-15-18-13-20(28)10-12-23(18)33-16-17-7-5-4-6-8-17/h4-15H,16H2,1-3H3. The first-order chi connectivity index (χ1) is 15.7. The van der Waals surface area contributed by atoms with Crippen molar-refractivity contribution in [1.82, 2.24) is 9.66 Å². The highest BCUT2D eigenvalue weighted by Crippen LogP contribution is 2.25. The minimum atomic E-state index is -0.404. The molecule has 0 spiro atoms. The van der Waals surface area contributed by atoms with Gasteiger partial charge >= 0.3 is 0 Å². The molecule has 33 heavy (non-hydrogen) atoms. The van der Waals surface area contributed by atoms with Crippen molar-refractivity contribution in [2.45, 2.75) is 32.8 Å². The number of benzene rings is 3. The van der Waals surface area contributed by atoms with Gasteiger partial charge < -0.3 is 4.74 Å². The third-order valence-corrected chi connectivity index (χ3v) is 5.73. The van der Waals surface area contributed by atoms with E-state index in [0.29, 0.717) is 39.7 Å². The van der Waals surface area contributed by atoms with Crippen LogP contribution in [0.15, 0.2) is 81.1 Å². The second-order valence-electron chi connectivity index (χ2n) is 8.66. The Hall–Kier alpha value is -2.96. The molecule has 1 heterocycles. The monoisotopic (exact) mass is 523 g/mol. The highest BCUT2D eigenvalue weighted by Gasteiger charge is 2.23. The summed E-state index contributed by atoms with van der Waals surface area (Å²) in [4.78, 5) is 18.1. The maximum Gasteiger partial charge on any atom is 0.282 e. The number of fused-ring (bicyclic) bond motifs is 1. The lowest BCUT2D eigenvalue weighted by atomic mass is 9.95.